The summed E-state index contributed by atoms with van der Waals surface area (Å²) in [5, 5.41) is 16.5. The maximum Gasteiger partial charge on any atom is 0.490 e. The Labute approximate surface area is 218 Å². The fourth-order valence-electron chi connectivity index (χ4n) is 4.69. The van der Waals surface area contributed by atoms with Gasteiger partial charge in [-0.15, -0.1) is 0 Å². The van der Waals surface area contributed by atoms with Crippen LogP contribution < -0.4 is 0 Å². The van der Waals surface area contributed by atoms with Crippen LogP contribution in [0.3, 0.4) is 0 Å². The van der Waals surface area contributed by atoms with Crippen LogP contribution in [0.2, 0.25) is 0 Å². The fourth-order valence-corrected chi connectivity index (χ4v) is 4.69. The molecule has 1 saturated heterocycles. The fraction of sp³-hybridized carbons (Fsp3) is 0.679. The summed E-state index contributed by atoms with van der Waals surface area (Å²) in [5.41, 5.74) is 2.02. The van der Waals surface area contributed by atoms with E-state index in [2.05, 4.69) is 45.3 Å². The summed E-state index contributed by atoms with van der Waals surface area (Å²) in [5.74, 6) is -3.37. The molecule has 9 heteroatoms. The number of ketones is 1. The van der Waals surface area contributed by atoms with E-state index in [0.29, 0.717) is 12.8 Å². The van der Waals surface area contributed by atoms with E-state index >= 15 is 0 Å². The Balaban J connectivity index is 0.000000856. The van der Waals surface area contributed by atoms with Gasteiger partial charge >= 0.3 is 18.1 Å². The summed E-state index contributed by atoms with van der Waals surface area (Å²) in [6.45, 7) is 4.12. The molecule has 2 N–H and O–H groups in total. The number of benzene rings is 1. The maximum atomic E-state index is 12.8. The Hall–Kier alpha value is -2.42. The Morgan fingerprint density at radius 2 is 1.35 bits per heavy atom. The Kier molecular flexibility index (Phi) is 13.3. The zero-order valence-corrected chi connectivity index (χ0v) is 22.4. The van der Waals surface area contributed by atoms with Gasteiger partial charge in [0.25, 0.3) is 0 Å². The molecule has 0 bridgehead atoms. The molecule has 0 aliphatic carbocycles. The first kappa shape index (κ1) is 32.6. The van der Waals surface area contributed by atoms with E-state index in [1.54, 1.807) is 0 Å². The van der Waals surface area contributed by atoms with Crippen molar-refractivity contribution < 1.29 is 42.3 Å². The SMILES string of the molecule is CCCCCCCCc1ccc(CC(=O)CC2(CC(=O)O)CC[N+](C)(C)CC2)cc1.O=C(O)C(F)(F)F. The predicted octanol–water partition coefficient (Wildman–Crippen LogP) is 6.06. The van der Waals surface area contributed by atoms with Crippen LogP contribution in [0.25, 0.3) is 0 Å². The first-order chi connectivity index (χ1) is 17.2. The molecule has 1 aliphatic heterocycles. The van der Waals surface area contributed by atoms with Crippen LogP contribution in [-0.2, 0) is 27.2 Å². The van der Waals surface area contributed by atoms with Crippen molar-refractivity contribution >= 4 is 17.7 Å². The lowest BCUT2D eigenvalue weighted by Gasteiger charge is -2.43. The number of likely N-dealkylation sites (tertiary alicyclic amines) is 1. The molecule has 1 aromatic rings. The zero-order chi connectivity index (χ0) is 28.1. The third kappa shape index (κ3) is 13.6. The lowest BCUT2D eigenvalue weighted by Crippen LogP contribution is -2.50. The van der Waals surface area contributed by atoms with Crippen molar-refractivity contribution in [2.45, 2.75) is 90.1 Å². The third-order valence-corrected chi connectivity index (χ3v) is 7.08. The molecule has 210 valence electrons. The molecule has 0 radical (unpaired) electrons. The van der Waals surface area contributed by atoms with Gasteiger partial charge in [-0.1, -0.05) is 63.3 Å². The Bertz CT molecular complexity index is 856. The minimum absolute atomic E-state index is 0.107. The van der Waals surface area contributed by atoms with Crippen LogP contribution >= 0.6 is 0 Å². The lowest BCUT2D eigenvalue weighted by molar-refractivity contribution is -0.897. The van der Waals surface area contributed by atoms with Crippen molar-refractivity contribution in [2.24, 2.45) is 5.41 Å². The number of quaternary nitrogens is 1. The number of hydrogen-bond acceptors (Lipinski definition) is 3. The normalized spacial score (nSPS) is 16.4. The van der Waals surface area contributed by atoms with Gasteiger partial charge in [0.1, 0.15) is 5.78 Å². The van der Waals surface area contributed by atoms with E-state index in [0.717, 1.165) is 42.4 Å². The summed E-state index contributed by atoms with van der Waals surface area (Å²) in [6, 6.07) is 8.47. The van der Waals surface area contributed by atoms with E-state index in [1.165, 1.54) is 44.1 Å². The minimum Gasteiger partial charge on any atom is -0.481 e. The number of halogens is 3. The predicted molar refractivity (Wildman–Crippen MR) is 136 cm³/mol. The second-order valence-electron chi connectivity index (χ2n) is 11.0. The standard InChI is InChI=1S/C26H41NO3.C2HF3O2/c1-4-5-6-7-8-9-10-22-11-13-23(14-12-22)19-24(28)20-26(21-25(29)30)15-17-27(2,3)18-16-26;3-2(4,5)1(6)7/h11-14H,4-10,15-21H2,1-3H3;(H,6,7)/p+1. The summed E-state index contributed by atoms with van der Waals surface area (Å²) in [4.78, 5) is 33.2. The highest BCUT2D eigenvalue weighted by atomic mass is 19.4. The summed E-state index contributed by atoms with van der Waals surface area (Å²) < 4.78 is 32.6. The highest BCUT2D eigenvalue weighted by molar-refractivity contribution is 5.82. The second-order valence-corrected chi connectivity index (χ2v) is 11.0. The van der Waals surface area contributed by atoms with E-state index in [-0.39, 0.29) is 17.6 Å². The molecule has 1 aliphatic rings. The van der Waals surface area contributed by atoms with Gasteiger partial charge in [0.05, 0.1) is 33.6 Å². The van der Waals surface area contributed by atoms with E-state index in [1.807, 2.05) is 0 Å². The zero-order valence-electron chi connectivity index (χ0n) is 22.4. The van der Waals surface area contributed by atoms with Crippen LogP contribution in [-0.4, -0.2) is 65.8 Å². The van der Waals surface area contributed by atoms with Gasteiger partial charge in [-0.05, 0) is 29.4 Å². The van der Waals surface area contributed by atoms with Crippen LogP contribution in [0, 0.1) is 5.41 Å². The smallest absolute Gasteiger partial charge is 0.481 e. The lowest BCUT2D eigenvalue weighted by atomic mass is 9.71. The van der Waals surface area contributed by atoms with Gasteiger partial charge in [0, 0.05) is 25.7 Å². The molecule has 0 atom stereocenters. The Morgan fingerprint density at radius 1 is 0.865 bits per heavy atom. The molecule has 37 heavy (non-hydrogen) atoms. The molecule has 1 heterocycles. The monoisotopic (exact) mass is 530 g/mol. The molecule has 0 amide bonds. The molecular weight excluding hydrogens is 487 g/mol. The number of piperidine rings is 1. The average Bonchev–Trinajstić information content (AvgIpc) is 2.79. The van der Waals surface area contributed by atoms with E-state index in [4.69, 9.17) is 9.90 Å². The van der Waals surface area contributed by atoms with E-state index in [9.17, 15) is 27.9 Å². The number of aliphatic carboxylic acids is 2. The van der Waals surface area contributed by atoms with Gasteiger partial charge in [0.15, 0.2) is 0 Å². The van der Waals surface area contributed by atoms with Crippen LogP contribution in [0.1, 0.15) is 82.3 Å². The average molecular weight is 531 g/mol. The van der Waals surface area contributed by atoms with Gasteiger partial charge in [-0.3, -0.25) is 9.59 Å². The van der Waals surface area contributed by atoms with Crippen molar-refractivity contribution in [3.63, 3.8) is 0 Å². The van der Waals surface area contributed by atoms with Gasteiger partial charge in [-0.25, -0.2) is 4.79 Å². The second kappa shape index (κ2) is 15.1. The van der Waals surface area contributed by atoms with Gasteiger partial charge in [0.2, 0.25) is 0 Å². The molecule has 0 saturated carbocycles. The van der Waals surface area contributed by atoms with Crippen LogP contribution in [0.15, 0.2) is 24.3 Å². The maximum absolute atomic E-state index is 12.8. The number of Topliss-reactive ketones (excluding diaryl/α,β-unsaturated/α-hetero) is 1. The van der Waals surface area contributed by atoms with Gasteiger partial charge in [-0.2, -0.15) is 13.2 Å². The molecule has 2 rings (SSSR count). The number of carboxylic acid groups (broad SMARTS) is 2. The molecular formula is C28H43F3NO5+. The van der Waals surface area contributed by atoms with Crippen molar-refractivity contribution in [3.05, 3.63) is 35.4 Å². The number of nitrogens with zero attached hydrogens (tertiary/aromatic N) is 1. The topological polar surface area (TPSA) is 91.7 Å². The number of carboxylic acids is 2. The molecule has 1 aromatic carbocycles. The highest BCUT2D eigenvalue weighted by Crippen LogP contribution is 2.40. The molecule has 0 unspecified atom stereocenters. The summed E-state index contributed by atoms with van der Waals surface area (Å²) in [6.07, 6.45) is 6.39. The van der Waals surface area contributed by atoms with Crippen molar-refractivity contribution in [1.29, 1.82) is 0 Å². The van der Waals surface area contributed by atoms with Crippen molar-refractivity contribution in [1.82, 2.24) is 0 Å². The number of hydrogen-bond donors (Lipinski definition) is 2. The highest BCUT2D eigenvalue weighted by Gasteiger charge is 2.42. The van der Waals surface area contributed by atoms with Crippen LogP contribution in [0.5, 0.6) is 0 Å². The summed E-state index contributed by atoms with van der Waals surface area (Å²) >= 11 is 0. The first-order valence-corrected chi connectivity index (χ1v) is 13.1. The van der Waals surface area contributed by atoms with Crippen LogP contribution in [0.4, 0.5) is 13.2 Å². The number of rotatable bonds is 13. The number of carbonyl (C=O) groups excluding carboxylic acids is 1. The minimum atomic E-state index is -5.08. The molecule has 6 nitrogen and oxygen atoms in total. The van der Waals surface area contributed by atoms with Crippen molar-refractivity contribution in [3.8, 4) is 0 Å². The number of carbonyl (C=O) groups is 3. The quantitative estimate of drug-likeness (QED) is 0.239. The molecule has 1 fully saturated rings. The third-order valence-electron chi connectivity index (χ3n) is 7.08. The van der Waals surface area contributed by atoms with E-state index < -0.39 is 18.1 Å². The summed E-state index contributed by atoms with van der Waals surface area (Å²) in [7, 11) is 4.36. The largest absolute Gasteiger partial charge is 0.490 e. The first-order valence-electron chi connectivity index (χ1n) is 13.1. The molecule has 0 spiro atoms. The van der Waals surface area contributed by atoms with Gasteiger partial charge < -0.3 is 14.7 Å². The number of alkyl halides is 3. The Morgan fingerprint density at radius 3 is 1.84 bits per heavy atom. The van der Waals surface area contributed by atoms with Crippen molar-refractivity contribution in [2.75, 3.05) is 27.2 Å². The molecule has 0 aromatic heterocycles. The number of unbranched alkanes of at least 4 members (excludes halogenated alkanes) is 5. The number of aryl methyl sites for hydroxylation is 1.